The fourth-order valence-corrected chi connectivity index (χ4v) is 2.01. The van der Waals surface area contributed by atoms with Crippen LogP contribution in [0.3, 0.4) is 0 Å². The molecule has 0 unspecified atom stereocenters. The van der Waals surface area contributed by atoms with E-state index >= 15 is 0 Å². The lowest BCUT2D eigenvalue weighted by Crippen LogP contribution is -2.08. The first-order chi connectivity index (χ1) is 9.33. The van der Waals surface area contributed by atoms with Crippen molar-refractivity contribution in [1.82, 2.24) is 29.8 Å². The summed E-state index contributed by atoms with van der Waals surface area (Å²) in [5.74, 6) is 1.88. The van der Waals surface area contributed by atoms with Crippen LogP contribution < -0.4 is 5.32 Å². The van der Waals surface area contributed by atoms with E-state index in [9.17, 15) is 0 Å². The zero-order valence-electron chi connectivity index (χ0n) is 10.7. The number of pyridine rings is 1. The van der Waals surface area contributed by atoms with Crippen molar-refractivity contribution >= 4 is 11.5 Å². The number of hydrogen-bond acceptors (Lipinski definition) is 5. The number of anilines is 1. The Morgan fingerprint density at radius 3 is 3.05 bits per heavy atom. The highest BCUT2D eigenvalue weighted by Crippen LogP contribution is 2.13. The molecule has 0 saturated heterocycles. The van der Waals surface area contributed by atoms with Crippen LogP contribution in [-0.4, -0.2) is 36.3 Å². The van der Waals surface area contributed by atoms with Gasteiger partial charge in [0.1, 0.15) is 24.3 Å². The quantitative estimate of drug-likeness (QED) is 0.671. The zero-order chi connectivity index (χ0) is 13.1. The van der Waals surface area contributed by atoms with Gasteiger partial charge in [0, 0.05) is 13.0 Å². The summed E-state index contributed by atoms with van der Waals surface area (Å²) in [6, 6.07) is 4.07. The van der Waals surface area contributed by atoms with Crippen molar-refractivity contribution in [2.45, 2.75) is 19.8 Å². The van der Waals surface area contributed by atoms with Crippen LogP contribution in [0.15, 0.2) is 24.8 Å². The average molecular weight is 257 g/mol. The zero-order valence-corrected chi connectivity index (χ0v) is 10.7. The standard InChI is InChI=1S/C12H15N7/c1-9-5-11(19-12(6-9)15-8-17-19)13-4-2-3-10-14-7-16-18-10/h5-8,13H,2-4H2,1H3,(H,14,16,18). The van der Waals surface area contributed by atoms with E-state index < -0.39 is 0 Å². The molecule has 2 N–H and O–H groups in total. The van der Waals surface area contributed by atoms with Crippen LogP contribution in [-0.2, 0) is 6.42 Å². The van der Waals surface area contributed by atoms with E-state index in [4.69, 9.17) is 0 Å². The molecule has 7 heteroatoms. The van der Waals surface area contributed by atoms with E-state index in [0.717, 1.165) is 36.7 Å². The number of H-pyrrole nitrogens is 1. The third-order valence-electron chi connectivity index (χ3n) is 2.88. The Morgan fingerprint density at radius 1 is 1.26 bits per heavy atom. The number of hydrogen-bond donors (Lipinski definition) is 2. The molecule has 3 heterocycles. The first-order valence-electron chi connectivity index (χ1n) is 6.21. The van der Waals surface area contributed by atoms with Gasteiger partial charge < -0.3 is 5.32 Å². The average Bonchev–Trinajstić information content (AvgIpc) is 3.04. The van der Waals surface area contributed by atoms with Crippen molar-refractivity contribution in [2.24, 2.45) is 0 Å². The minimum absolute atomic E-state index is 0.846. The molecular weight excluding hydrogens is 242 g/mol. The predicted molar refractivity (Wildman–Crippen MR) is 70.9 cm³/mol. The van der Waals surface area contributed by atoms with E-state index in [1.165, 1.54) is 11.9 Å². The molecule has 0 aliphatic heterocycles. The fourth-order valence-electron chi connectivity index (χ4n) is 2.01. The minimum Gasteiger partial charge on any atom is -0.370 e. The molecular formula is C12H15N7. The summed E-state index contributed by atoms with van der Waals surface area (Å²) >= 11 is 0. The molecule has 7 nitrogen and oxygen atoms in total. The van der Waals surface area contributed by atoms with Gasteiger partial charge in [0.2, 0.25) is 0 Å². The summed E-state index contributed by atoms with van der Waals surface area (Å²) in [6.07, 6.45) is 4.94. The number of fused-ring (bicyclic) bond motifs is 1. The molecule has 3 rings (SSSR count). The van der Waals surface area contributed by atoms with Crippen LogP contribution in [0, 0.1) is 6.92 Å². The molecule has 0 fully saturated rings. The van der Waals surface area contributed by atoms with Crippen LogP contribution in [0.5, 0.6) is 0 Å². The van der Waals surface area contributed by atoms with Crippen molar-refractivity contribution in [1.29, 1.82) is 0 Å². The highest BCUT2D eigenvalue weighted by Gasteiger charge is 2.03. The van der Waals surface area contributed by atoms with Crippen LogP contribution in [0.2, 0.25) is 0 Å². The highest BCUT2D eigenvalue weighted by atomic mass is 15.3. The third-order valence-corrected chi connectivity index (χ3v) is 2.88. The van der Waals surface area contributed by atoms with Crippen molar-refractivity contribution in [3.63, 3.8) is 0 Å². The SMILES string of the molecule is Cc1cc(NCCCc2ncn[nH]2)n2ncnc2c1. The minimum atomic E-state index is 0.846. The van der Waals surface area contributed by atoms with Gasteiger partial charge in [-0.1, -0.05) is 0 Å². The van der Waals surface area contributed by atoms with Crippen molar-refractivity contribution < 1.29 is 0 Å². The Balaban J connectivity index is 1.63. The predicted octanol–water partition coefficient (Wildman–Crippen LogP) is 1.20. The van der Waals surface area contributed by atoms with Gasteiger partial charge in [-0.2, -0.15) is 14.7 Å². The van der Waals surface area contributed by atoms with Gasteiger partial charge in [-0.25, -0.2) is 9.97 Å². The Labute approximate surface area is 110 Å². The highest BCUT2D eigenvalue weighted by molar-refractivity contribution is 5.51. The lowest BCUT2D eigenvalue weighted by atomic mass is 10.2. The first-order valence-corrected chi connectivity index (χ1v) is 6.21. The van der Waals surface area contributed by atoms with E-state index in [-0.39, 0.29) is 0 Å². The molecule has 0 aromatic carbocycles. The largest absolute Gasteiger partial charge is 0.370 e. The first kappa shape index (κ1) is 11.6. The lowest BCUT2D eigenvalue weighted by Gasteiger charge is -2.08. The number of nitrogens with zero attached hydrogens (tertiary/aromatic N) is 5. The lowest BCUT2D eigenvalue weighted by molar-refractivity contribution is 0.798. The Hall–Kier alpha value is -2.44. The topological polar surface area (TPSA) is 83.8 Å². The molecule has 0 atom stereocenters. The molecule has 3 aromatic rings. The van der Waals surface area contributed by atoms with Gasteiger partial charge in [0.05, 0.1) is 0 Å². The summed E-state index contributed by atoms with van der Waals surface area (Å²) in [6.45, 7) is 2.90. The Morgan fingerprint density at radius 2 is 2.21 bits per heavy atom. The summed E-state index contributed by atoms with van der Waals surface area (Å²) in [5.41, 5.74) is 2.02. The molecule has 0 amide bonds. The normalized spacial score (nSPS) is 11.0. The van der Waals surface area contributed by atoms with Gasteiger partial charge in [0.15, 0.2) is 5.65 Å². The van der Waals surface area contributed by atoms with E-state index in [2.05, 4.69) is 36.6 Å². The second-order valence-electron chi connectivity index (χ2n) is 4.41. The number of rotatable bonds is 5. The van der Waals surface area contributed by atoms with Crippen molar-refractivity contribution in [3.8, 4) is 0 Å². The second kappa shape index (κ2) is 5.05. The molecule has 0 aliphatic rings. The molecule has 0 bridgehead atoms. The molecule has 98 valence electrons. The smallest absolute Gasteiger partial charge is 0.157 e. The van der Waals surface area contributed by atoms with Crippen molar-refractivity contribution in [3.05, 3.63) is 36.2 Å². The molecule has 19 heavy (non-hydrogen) atoms. The van der Waals surface area contributed by atoms with Gasteiger partial charge in [0.25, 0.3) is 0 Å². The number of aromatic nitrogens is 6. The maximum atomic E-state index is 4.20. The van der Waals surface area contributed by atoms with E-state index in [1.807, 2.05) is 13.0 Å². The Bertz CT molecular complexity index is 656. The van der Waals surface area contributed by atoms with Crippen molar-refractivity contribution in [2.75, 3.05) is 11.9 Å². The van der Waals surface area contributed by atoms with E-state index in [1.54, 1.807) is 10.8 Å². The number of aryl methyl sites for hydroxylation is 2. The molecule has 0 saturated carbocycles. The summed E-state index contributed by atoms with van der Waals surface area (Å²) in [4.78, 5) is 8.29. The van der Waals surface area contributed by atoms with E-state index in [0.29, 0.717) is 0 Å². The maximum Gasteiger partial charge on any atom is 0.157 e. The molecule has 0 radical (unpaired) electrons. The monoisotopic (exact) mass is 257 g/mol. The summed E-state index contributed by atoms with van der Waals surface area (Å²) in [7, 11) is 0. The molecule has 3 aromatic heterocycles. The number of nitrogens with one attached hydrogen (secondary N) is 2. The fraction of sp³-hybridized carbons (Fsp3) is 0.333. The molecule has 0 spiro atoms. The third kappa shape index (κ3) is 2.54. The number of aromatic amines is 1. The second-order valence-corrected chi connectivity index (χ2v) is 4.41. The van der Waals surface area contributed by atoms with Gasteiger partial charge >= 0.3 is 0 Å². The van der Waals surface area contributed by atoms with Crippen LogP contribution in [0.25, 0.3) is 5.65 Å². The van der Waals surface area contributed by atoms with Gasteiger partial charge in [-0.05, 0) is 31.0 Å². The van der Waals surface area contributed by atoms with Crippen LogP contribution in [0.4, 0.5) is 5.82 Å². The maximum absolute atomic E-state index is 4.20. The van der Waals surface area contributed by atoms with Gasteiger partial charge in [-0.3, -0.25) is 5.10 Å². The van der Waals surface area contributed by atoms with Gasteiger partial charge in [-0.15, -0.1) is 0 Å². The van der Waals surface area contributed by atoms with Crippen LogP contribution in [0.1, 0.15) is 17.8 Å². The molecule has 0 aliphatic carbocycles. The summed E-state index contributed by atoms with van der Waals surface area (Å²) in [5, 5.41) is 14.3. The van der Waals surface area contributed by atoms with Crippen LogP contribution >= 0.6 is 0 Å². The Kier molecular flexibility index (Phi) is 3.09. The summed E-state index contributed by atoms with van der Waals surface area (Å²) < 4.78 is 1.81.